The Kier molecular flexibility index (Phi) is 6.21. The van der Waals surface area contributed by atoms with Crippen LogP contribution < -0.4 is 5.32 Å². The van der Waals surface area contributed by atoms with Crippen molar-refractivity contribution < 1.29 is 9.90 Å². The number of aliphatic carboxylic acids is 1. The molecule has 116 valence electrons. The molecule has 2 rings (SSSR count). The van der Waals surface area contributed by atoms with Crippen LogP contribution in [-0.4, -0.2) is 48.7 Å². The van der Waals surface area contributed by atoms with Crippen LogP contribution in [0.25, 0.3) is 0 Å². The second-order valence-electron chi connectivity index (χ2n) is 5.94. The number of carboxylic acids is 1. The summed E-state index contributed by atoms with van der Waals surface area (Å²) in [6.07, 6.45) is 4.27. The fourth-order valence-electron chi connectivity index (χ4n) is 3.06. The number of likely N-dealkylation sites (N-methyl/N-ethyl adjacent to an activating group) is 1. The number of carboxylic acid groups (broad SMARTS) is 1. The van der Waals surface area contributed by atoms with Crippen LogP contribution in [0.5, 0.6) is 0 Å². The molecule has 0 aromatic heterocycles. The lowest BCUT2D eigenvalue weighted by atomic mass is 9.90. The highest BCUT2D eigenvalue weighted by Gasteiger charge is 2.21. The minimum atomic E-state index is -0.753. The highest BCUT2D eigenvalue weighted by molar-refractivity contribution is 5.73. The van der Waals surface area contributed by atoms with E-state index in [1.54, 1.807) is 7.05 Å². The summed E-state index contributed by atoms with van der Waals surface area (Å²) in [5.74, 6) is 0.0136. The van der Waals surface area contributed by atoms with Crippen LogP contribution >= 0.6 is 0 Å². The van der Waals surface area contributed by atoms with Gasteiger partial charge in [-0.25, -0.2) is 0 Å². The first-order valence-corrected chi connectivity index (χ1v) is 7.85. The Balaban J connectivity index is 1.70. The van der Waals surface area contributed by atoms with Gasteiger partial charge in [-0.3, -0.25) is 4.79 Å². The minimum absolute atomic E-state index is 0.424. The number of benzene rings is 1. The molecule has 1 saturated heterocycles. The van der Waals surface area contributed by atoms with Gasteiger partial charge in [0.25, 0.3) is 0 Å². The summed E-state index contributed by atoms with van der Waals surface area (Å²) in [5.41, 5.74) is 1.43. The number of carbonyl (C=O) groups is 1. The van der Waals surface area contributed by atoms with E-state index in [0.717, 1.165) is 25.6 Å². The van der Waals surface area contributed by atoms with E-state index in [4.69, 9.17) is 5.11 Å². The number of hydrogen-bond acceptors (Lipinski definition) is 3. The van der Waals surface area contributed by atoms with Gasteiger partial charge in [0, 0.05) is 6.54 Å². The molecule has 1 fully saturated rings. The number of nitrogens with zero attached hydrogens (tertiary/aromatic N) is 1. The van der Waals surface area contributed by atoms with Crippen molar-refractivity contribution in [3.8, 4) is 0 Å². The first kappa shape index (κ1) is 16.0. The van der Waals surface area contributed by atoms with E-state index in [1.807, 2.05) is 0 Å². The minimum Gasteiger partial charge on any atom is -0.480 e. The van der Waals surface area contributed by atoms with Crippen molar-refractivity contribution in [3.05, 3.63) is 35.9 Å². The summed E-state index contributed by atoms with van der Waals surface area (Å²) in [6, 6.07) is 10.3. The lowest BCUT2D eigenvalue weighted by molar-refractivity contribution is -0.139. The molecule has 2 N–H and O–H groups in total. The molecule has 1 heterocycles. The quantitative estimate of drug-likeness (QED) is 0.806. The second-order valence-corrected chi connectivity index (χ2v) is 5.94. The van der Waals surface area contributed by atoms with Crippen LogP contribution in [0, 0.1) is 5.92 Å². The molecule has 0 radical (unpaired) electrons. The van der Waals surface area contributed by atoms with E-state index >= 15 is 0 Å². The van der Waals surface area contributed by atoms with Crippen molar-refractivity contribution in [2.45, 2.75) is 31.7 Å². The molecular weight excluding hydrogens is 264 g/mol. The highest BCUT2D eigenvalue weighted by atomic mass is 16.4. The summed E-state index contributed by atoms with van der Waals surface area (Å²) in [5, 5.41) is 11.9. The van der Waals surface area contributed by atoms with E-state index in [2.05, 4.69) is 40.5 Å². The van der Waals surface area contributed by atoms with Gasteiger partial charge in [-0.2, -0.15) is 0 Å². The van der Waals surface area contributed by atoms with E-state index < -0.39 is 12.0 Å². The molecule has 1 atom stereocenters. The van der Waals surface area contributed by atoms with Gasteiger partial charge in [0.2, 0.25) is 0 Å². The van der Waals surface area contributed by atoms with Crippen LogP contribution in [0.3, 0.4) is 0 Å². The first-order valence-electron chi connectivity index (χ1n) is 7.85. The van der Waals surface area contributed by atoms with Gasteiger partial charge in [0.05, 0.1) is 0 Å². The van der Waals surface area contributed by atoms with Crippen LogP contribution in [0.2, 0.25) is 0 Å². The lowest BCUT2D eigenvalue weighted by Gasteiger charge is -2.32. The Bertz CT molecular complexity index is 428. The Morgan fingerprint density at radius 2 is 2.00 bits per heavy atom. The molecule has 0 spiro atoms. The molecule has 4 nitrogen and oxygen atoms in total. The van der Waals surface area contributed by atoms with Crippen molar-refractivity contribution in [1.82, 2.24) is 10.2 Å². The average Bonchev–Trinajstić information content (AvgIpc) is 2.50. The van der Waals surface area contributed by atoms with Gasteiger partial charge in [-0.15, -0.1) is 0 Å². The largest absolute Gasteiger partial charge is 0.480 e. The van der Waals surface area contributed by atoms with Crippen molar-refractivity contribution in [2.75, 3.05) is 26.7 Å². The average molecular weight is 290 g/mol. The standard InChI is InChI=1S/C17H26N2O2/c1-18-16(17(20)21)9-12-19-10-7-15(8-11-19)13-14-5-3-2-4-6-14/h2-6,15-16,18H,7-13H2,1H3,(H,20,21). The molecular formula is C17H26N2O2. The van der Waals surface area contributed by atoms with E-state index in [1.165, 1.54) is 24.8 Å². The third-order valence-corrected chi connectivity index (χ3v) is 4.45. The zero-order valence-electron chi connectivity index (χ0n) is 12.8. The number of rotatable bonds is 7. The molecule has 1 aromatic carbocycles. The Labute approximate surface area is 127 Å². The van der Waals surface area contributed by atoms with Crippen LogP contribution in [0.15, 0.2) is 30.3 Å². The third kappa shape index (κ3) is 5.14. The van der Waals surface area contributed by atoms with Gasteiger partial charge >= 0.3 is 5.97 Å². The Morgan fingerprint density at radius 1 is 1.33 bits per heavy atom. The number of nitrogens with one attached hydrogen (secondary N) is 1. The molecule has 0 bridgehead atoms. The number of hydrogen-bond donors (Lipinski definition) is 2. The molecule has 4 heteroatoms. The van der Waals surface area contributed by atoms with Crippen molar-refractivity contribution in [2.24, 2.45) is 5.92 Å². The zero-order valence-corrected chi connectivity index (χ0v) is 12.8. The number of likely N-dealkylation sites (tertiary alicyclic amines) is 1. The van der Waals surface area contributed by atoms with Gasteiger partial charge in [0.15, 0.2) is 0 Å². The molecule has 0 aliphatic carbocycles. The highest BCUT2D eigenvalue weighted by Crippen LogP contribution is 2.21. The second kappa shape index (κ2) is 8.15. The summed E-state index contributed by atoms with van der Waals surface area (Å²) in [6.45, 7) is 3.05. The van der Waals surface area contributed by atoms with Gasteiger partial charge in [-0.1, -0.05) is 30.3 Å². The predicted molar refractivity (Wildman–Crippen MR) is 84.4 cm³/mol. The zero-order chi connectivity index (χ0) is 15.1. The first-order chi connectivity index (χ1) is 10.2. The van der Waals surface area contributed by atoms with Gasteiger partial charge < -0.3 is 15.3 Å². The normalized spacial score (nSPS) is 18.5. The van der Waals surface area contributed by atoms with Crippen molar-refractivity contribution in [3.63, 3.8) is 0 Å². The van der Waals surface area contributed by atoms with Crippen LogP contribution in [0.4, 0.5) is 0 Å². The SMILES string of the molecule is CNC(CCN1CCC(Cc2ccccc2)CC1)C(=O)O. The monoisotopic (exact) mass is 290 g/mol. The third-order valence-electron chi connectivity index (χ3n) is 4.45. The Morgan fingerprint density at radius 3 is 2.57 bits per heavy atom. The summed E-state index contributed by atoms with van der Waals surface area (Å²) >= 11 is 0. The van der Waals surface area contributed by atoms with E-state index in [9.17, 15) is 4.79 Å². The van der Waals surface area contributed by atoms with Gasteiger partial charge in [0.1, 0.15) is 6.04 Å². The van der Waals surface area contributed by atoms with E-state index in [-0.39, 0.29) is 0 Å². The molecule has 21 heavy (non-hydrogen) atoms. The fraction of sp³-hybridized carbons (Fsp3) is 0.588. The summed E-state index contributed by atoms with van der Waals surface area (Å²) < 4.78 is 0. The smallest absolute Gasteiger partial charge is 0.320 e. The molecule has 1 aromatic rings. The molecule has 0 amide bonds. The maximum Gasteiger partial charge on any atom is 0.320 e. The van der Waals surface area contributed by atoms with Crippen LogP contribution in [-0.2, 0) is 11.2 Å². The van der Waals surface area contributed by atoms with E-state index in [0.29, 0.717) is 6.42 Å². The lowest BCUT2D eigenvalue weighted by Crippen LogP contribution is -2.40. The molecule has 1 aliphatic rings. The molecule has 0 saturated carbocycles. The maximum atomic E-state index is 11.0. The summed E-state index contributed by atoms with van der Waals surface area (Å²) in [7, 11) is 1.71. The molecule has 1 aliphatic heterocycles. The number of piperidine rings is 1. The summed E-state index contributed by atoms with van der Waals surface area (Å²) in [4.78, 5) is 13.4. The van der Waals surface area contributed by atoms with Crippen molar-refractivity contribution >= 4 is 5.97 Å². The maximum absolute atomic E-state index is 11.0. The molecule has 1 unspecified atom stereocenters. The topological polar surface area (TPSA) is 52.6 Å². The van der Waals surface area contributed by atoms with Crippen LogP contribution in [0.1, 0.15) is 24.8 Å². The fourth-order valence-corrected chi connectivity index (χ4v) is 3.06. The van der Waals surface area contributed by atoms with Gasteiger partial charge in [-0.05, 0) is 57.3 Å². The predicted octanol–water partition coefficient (Wildman–Crippen LogP) is 2.00. The Hall–Kier alpha value is -1.39. The van der Waals surface area contributed by atoms with Crippen molar-refractivity contribution in [1.29, 1.82) is 0 Å².